The third-order valence-corrected chi connectivity index (χ3v) is 3.92. The van der Waals surface area contributed by atoms with Gasteiger partial charge in [-0.1, -0.05) is 0 Å². The van der Waals surface area contributed by atoms with E-state index in [1.54, 1.807) is 12.1 Å². The molecule has 3 rings (SSSR count). The van der Waals surface area contributed by atoms with Crippen molar-refractivity contribution in [2.45, 2.75) is 12.8 Å². The summed E-state index contributed by atoms with van der Waals surface area (Å²) in [6.07, 6.45) is 0.490. The van der Waals surface area contributed by atoms with Gasteiger partial charge in [-0.25, -0.2) is 0 Å². The maximum Gasteiger partial charge on any atom is 0.303 e. The van der Waals surface area contributed by atoms with E-state index in [0.717, 1.165) is 22.2 Å². The van der Waals surface area contributed by atoms with E-state index in [2.05, 4.69) is 0 Å². The second-order valence-corrected chi connectivity index (χ2v) is 5.76. The molecule has 5 nitrogen and oxygen atoms in total. The zero-order valence-electron chi connectivity index (χ0n) is 13.1. The number of anilines is 1. The van der Waals surface area contributed by atoms with Crippen molar-refractivity contribution < 1.29 is 14.3 Å². The quantitative estimate of drug-likeness (QED) is 0.726. The zero-order chi connectivity index (χ0) is 16.6. The number of fused-ring (bicyclic) bond motifs is 2. The second-order valence-electron chi connectivity index (χ2n) is 5.76. The number of aryl methyl sites for hydroxylation is 1. The summed E-state index contributed by atoms with van der Waals surface area (Å²) in [6.45, 7) is 0. The Kier molecular flexibility index (Phi) is 3.78. The van der Waals surface area contributed by atoms with Gasteiger partial charge in [-0.15, -0.1) is 0 Å². The number of rotatable bonds is 4. The Balaban J connectivity index is 2.29. The van der Waals surface area contributed by atoms with Gasteiger partial charge in [0, 0.05) is 49.3 Å². The van der Waals surface area contributed by atoms with Crippen LogP contribution in [0.3, 0.4) is 0 Å². The largest absolute Gasteiger partial charge is 0.481 e. The predicted molar refractivity (Wildman–Crippen MR) is 89.0 cm³/mol. The number of hydrogen-bond donors (Lipinski definition) is 2. The summed E-state index contributed by atoms with van der Waals surface area (Å²) in [5.41, 5.74) is 3.53. The van der Waals surface area contributed by atoms with E-state index in [1.807, 2.05) is 43.3 Å². The van der Waals surface area contributed by atoms with Crippen molar-refractivity contribution in [1.82, 2.24) is 0 Å². The molecule has 1 aliphatic carbocycles. The Morgan fingerprint density at radius 1 is 1.22 bits per heavy atom. The Bertz CT molecular complexity index is 912. The first-order valence-electron chi connectivity index (χ1n) is 7.39. The molecule has 0 saturated carbocycles. The maximum atomic E-state index is 11.0. The number of carboxylic acids is 1. The standard InChI is InChI=1S/C18H18N2O3/c1-20(2)12-4-6-15-13(7-8-18(21)22)14-5-3-11(19)9-16(14)23-17(15)10-12/h3-6,9-10,19H,7-8H2,1-2H3,(H,21,22). The molecule has 23 heavy (non-hydrogen) atoms. The van der Waals surface area contributed by atoms with Crippen LogP contribution in [0.25, 0.3) is 22.3 Å². The van der Waals surface area contributed by atoms with Crippen LogP contribution in [0, 0.1) is 5.41 Å². The Labute approximate surface area is 133 Å². The lowest BCUT2D eigenvalue weighted by molar-refractivity contribution is -0.136. The molecule has 0 amide bonds. The van der Waals surface area contributed by atoms with Gasteiger partial charge in [0.05, 0.1) is 5.36 Å². The molecule has 0 bridgehead atoms. The Morgan fingerprint density at radius 2 is 2.00 bits per heavy atom. The van der Waals surface area contributed by atoms with Crippen molar-refractivity contribution in [2.75, 3.05) is 19.0 Å². The molecule has 1 aromatic rings. The van der Waals surface area contributed by atoms with E-state index in [4.69, 9.17) is 14.9 Å². The number of carbonyl (C=O) groups is 1. The van der Waals surface area contributed by atoms with Gasteiger partial charge in [0.15, 0.2) is 0 Å². The first-order valence-corrected chi connectivity index (χ1v) is 7.39. The van der Waals surface area contributed by atoms with Crippen LogP contribution in [0.2, 0.25) is 0 Å². The molecular formula is C18H18N2O3. The van der Waals surface area contributed by atoms with Gasteiger partial charge in [-0.2, -0.15) is 0 Å². The van der Waals surface area contributed by atoms with Gasteiger partial charge in [-0.05, 0) is 36.2 Å². The van der Waals surface area contributed by atoms with E-state index in [1.165, 1.54) is 0 Å². The van der Waals surface area contributed by atoms with Crippen LogP contribution in [0.4, 0.5) is 5.69 Å². The van der Waals surface area contributed by atoms with Gasteiger partial charge in [-0.3, -0.25) is 4.79 Å². The molecule has 0 unspecified atom stereocenters. The van der Waals surface area contributed by atoms with E-state index >= 15 is 0 Å². The van der Waals surface area contributed by atoms with E-state index in [-0.39, 0.29) is 6.42 Å². The van der Waals surface area contributed by atoms with Crippen LogP contribution in [0.1, 0.15) is 12.0 Å². The normalized spacial score (nSPS) is 11.0. The first kappa shape index (κ1) is 15.1. The molecule has 1 heterocycles. The molecule has 0 spiro atoms. The number of benzene rings is 2. The van der Waals surface area contributed by atoms with Gasteiger partial charge in [0.25, 0.3) is 0 Å². The van der Waals surface area contributed by atoms with Crippen LogP contribution >= 0.6 is 0 Å². The molecule has 0 fully saturated rings. The molecule has 1 aliphatic heterocycles. The molecule has 2 N–H and O–H groups in total. The summed E-state index contributed by atoms with van der Waals surface area (Å²) in [5.74, 6) is -0.213. The molecule has 0 atom stereocenters. The smallest absolute Gasteiger partial charge is 0.303 e. The third kappa shape index (κ3) is 2.90. The summed E-state index contributed by atoms with van der Waals surface area (Å²) < 4.78 is 5.97. The molecule has 1 aromatic carbocycles. The number of carboxylic acid groups (broad SMARTS) is 1. The summed E-state index contributed by atoms with van der Waals surface area (Å²) >= 11 is 0. The Morgan fingerprint density at radius 3 is 2.70 bits per heavy atom. The third-order valence-electron chi connectivity index (χ3n) is 3.92. The average molecular weight is 310 g/mol. The first-order chi connectivity index (χ1) is 11.0. The summed E-state index contributed by atoms with van der Waals surface area (Å²) in [6, 6.07) is 11.1. The maximum absolute atomic E-state index is 11.0. The number of aliphatic carboxylic acids is 1. The van der Waals surface area contributed by atoms with Crippen LogP contribution in [0.5, 0.6) is 0 Å². The summed E-state index contributed by atoms with van der Waals surface area (Å²) in [7, 11) is 3.91. The number of hydrogen-bond acceptors (Lipinski definition) is 4. The summed E-state index contributed by atoms with van der Waals surface area (Å²) in [4.78, 5) is 13.0. The van der Waals surface area contributed by atoms with Gasteiger partial charge in [0.2, 0.25) is 0 Å². The van der Waals surface area contributed by atoms with Crippen molar-refractivity contribution in [2.24, 2.45) is 0 Å². The molecule has 0 aromatic heterocycles. The van der Waals surface area contributed by atoms with E-state index in [9.17, 15) is 4.79 Å². The van der Waals surface area contributed by atoms with Crippen molar-refractivity contribution in [3.63, 3.8) is 0 Å². The Hall–Kier alpha value is -2.82. The van der Waals surface area contributed by atoms with Gasteiger partial charge in [0.1, 0.15) is 11.3 Å². The highest BCUT2D eigenvalue weighted by atomic mass is 16.4. The fourth-order valence-corrected chi connectivity index (χ4v) is 2.74. The highest BCUT2D eigenvalue weighted by Crippen LogP contribution is 2.34. The fraction of sp³-hybridized carbons (Fsp3) is 0.222. The van der Waals surface area contributed by atoms with Gasteiger partial charge >= 0.3 is 5.97 Å². The van der Waals surface area contributed by atoms with Crippen molar-refractivity contribution >= 4 is 22.6 Å². The number of nitrogens with zero attached hydrogens (tertiary/aromatic N) is 1. The monoisotopic (exact) mass is 310 g/mol. The highest BCUT2D eigenvalue weighted by molar-refractivity contribution is 5.90. The lowest BCUT2D eigenvalue weighted by atomic mass is 9.96. The lowest BCUT2D eigenvalue weighted by Crippen LogP contribution is -2.08. The second kappa shape index (κ2) is 5.76. The highest BCUT2D eigenvalue weighted by Gasteiger charge is 2.16. The average Bonchev–Trinajstić information content (AvgIpc) is 2.50. The SMILES string of the molecule is CN(C)c1ccc2c(CCC(=O)O)c3ccc(=N)cc-3oc2c1. The molecule has 0 radical (unpaired) electrons. The van der Waals surface area contributed by atoms with Crippen LogP contribution in [0.15, 0.2) is 40.8 Å². The van der Waals surface area contributed by atoms with E-state index < -0.39 is 5.97 Å². The van der Waals surface area contributed by atoms with Crippen LogP contribution in [-0.4, -0.2) is 25.2 Å². The summed E-state index contributed by atoms with van der Waals surface area (Å²) in [5, 5.41) is 18.1. The molecule has 2 aliphatic rings. The van der Waals surface area contributed by atoms with Crippen LogP contribution < -0.4 is 10.3 Å². The molecule has 5 heteroatoms. The molecule has 118 valence electrons. The van der Waals surface area contributed by atoms with Crippen molar-refractivity contribution in [3.05, 3.63) is 47.3 Å². The number of nitrogens with one attached hydrogen (secondary N) is 1. The minimum absolute atomic E-state index is 0.0618. The lowest BCUT2D eigenvalue weighted by Gasteiger charge is -2.17. The molecular weight excluding hydrogens is 292 g/mol. The topological polar surface area (TPSA) is 77.5 Å². The fourth-order valence-electron chi connectivity index (χ4n) is 2.74. The van der Waals surface area contributed by atoms with E-state index in [0.29, 0.717) is 23.1 Å². The van der Waals surface area contributed by atoms with Crippen molar-refractivity contribution in [1.29, 1.82) is 5.41 Å². The van der Waals surface area contributed by atoms with Crippen LogP contribution in [-0.2, 0) is 11.2 Å². The van der Waals surface area contributed by atoms with Crippen molar-refractivity contribution in [3.8, 4) is 11.3 Å². The minimum atomic E-state index is -0.825. The van der Waals surface area contributed by atoms with Gasteiger partial charge < -0.3 is 19.8 Å². The predicted octanol–water partition coefficient (Wildman–Crippen LogP) is 3.10. The zero-order valence-corrected chi connectivity index (χ0v) is 13.1. The minimum Gasteiger partial charge on any atom is -0.481 e. The molecule has 0 saturated heterocycles.